The Morgan fingerprint density at radius 3 is 2.81 bits per heavy atom. The van der Waals surface area contributed by atoms with Crippen LogP contribution in [0.4, 0.5) is 0 Å². The summed E-state index contributed by atoms with van der Waals surface area (Å²) < 4.78 is 24.5. The zero-order valence-electron chi connectivity index (χ0n) is 18.6. The quantitative estimate of drug-likeness (QED) is 0.344. The fourth-order valence-corrected chi connectivity index (χ4v) is 4.28. The van der Waals surface area contributed by atoms with E-state index in [1.165, 1.54) is 0 Å². The number of rotatable bonds is 14. The van der Waals surface area contributed by atoms with Crippen molar-refractivity contribution in [2.24, 2.45) is 11.8 Å². The second kappa shape index (κ2) is 12.9. The minimum absolute atomic E-state index is 0.0657. The Bertz CT molecular complexity index is 456. The molecular weight excluding hydrogens is 362 g/mol. The Balaban J connectivity index is 2.11. The molecule has 0 aromatic heterocycles. The van der Waals surface area contributed by atoms with Crippen molar-refractivity contribution < 1.29 is 25.2 Å². The molecule has 0 saturated carbocycles. The molecular formula is C20H39NO5Si. The van der Waals surface area contributed by atoms with Crippen LogP contribution < -0.4 is 5.32 Å². The van der Waals surface area contributed by atoms with Crippen molar-refractivity contribution in [2.45, 2.75) is 84.2 Å². The third-order valence-corrected chi connectivity index (χ3v) is 6.82. The number of aliphatic hydroxyl groups is 1. The van der Waals surface area contributed by atoms with Gasteiger partial charge in [0.15, 0.2) is 0 Å². The summed E-state index contributed by atoms with van der Waals surface area (Å²) in [5.41, 5.74) is -0.0762. The fraction of sp³-hybridized carbons (Fsp3) is 0.950. The van der Waals surface area contributed by atoms with Gasteiger partial charge in [-0.1, -0.05) is 40.5 Å². The van der Waals surface area contributed by atoms with E-state index in [1.807, 2.05) is 0 Å². The minimum Gasteiger partial charge on any atom is -0.412 e. The van der Waals surface area contributed by atoms with Crippen LogP contribution in [0.5, 0.6) is 0 Å². The van der Waals surface area contributed by atoms with Crippen molar-refractivity contribution in [3.63, 3.8) is 0 Å². The van der Waals surface area contributed by atoms with Crippen LogP contribution in [0.1, 0.15) is 61.7 Å². The molecule has 7 heteroatoms. The van der Waals surface area contributed by atoms with Gasteiger partial charge in [-0.25, -0.2) is 0 Å². The Labute approximate surface area is 169 Å². The summed E-state index contributed by atoms with van der Waals surface area (Å²) in [7, 11) is 0.483. The van der Waals surface area contributed by atoms with E-state index < -0.39 is 18.8 Å². The smallest absolute Gasteiger partial charge is 0.246 e. The van der Waals surface area contributed by atoms with Crippen LogP contribution in [0.15, 0.2) is 0 Å². The zero-order chi connectivity index (χ0) is 21.2. The summed E-state index contributed by atoms with van der Waals surface area (Å²) >= 11 is 0. The zero-order valence-corrected chi connectivity index (χ0v) is 18.6. The summed E-state index contributed by atoms with van der Waals surface area (Å²) in [6.45, 7) is 10.8. The van der Waals surface area contributed by atoms with E-state index in [0.717, 1.165) is 25.3 Å². The summed E-state index contributed by atoms with van der Waals surface area (Å²) in [5.74, 6) is 0.837. The first-order valence-corrected chi connectivity index (χ1v) is 11.3. The van der Waals surface area contributed by atoms with Crippen LogP contribution in [-0.4, -0.2) is 64.9 Å². The van der Waals surface area contributed by atoms with E-state index in [9.17, 15) is 9.90 Å². The molecule has 0 spiro atoms. The van der Waals surface area contributed by atoms with Gasteiger partial charge in [0.25, 0.3) is 0 Å². The molecule has 1 heterocycles. The number of unbranched alkanes of at least 4 members (excludes halogenated alkanes) is 1. The number of ether oxygens (including phenoxy) is 2. The van der Waals surface area contributed by atoms with Crippen LogP contribution in [-0.2, 0) is 18.7 Å². The summed E-state index contributed by atoms with van der Waals surface area (Å²) in [4.78, 5) is 11.9. The van der Waals surface area contributed by atoms with Gasteiger partial charge in [0, 0.05) is 13.1 Å². The maximum Gasteiger partial charge on any atom is 0.246 e. The Morgan fingerprint density at radius 2 is 2.19 bits per heavy atom. The highest BCUT2D eigenvalue weighted by Crippen LogP contribution is 2.32. The molecule has 27 heavy (non-hydrogen) atoms. The van der Waals surface area contributed by atoms with Crippen molar-refractivity contribution >= 4 is 15.7 Å². The van der Waals surface area contributed by atoms with E-state index in [2.05, 4.69) is 39.9 Å². The number of hydrogen-bond acceptors (Lipinski definition) is 5. The molecule has 0 aliphatic carbocycles. The first-order chi connectivity index (χ1) is 13.2. The normalized spacial score (nSPS) is 26.6. The number of nitrogens with one attached hydrogen (secondary N) is 1. The third kappa shape index (κ3) is 8.19. The number of hydrogen-bond donors (Lipinski definition) is 2. The second-order valence-electron chi connectivity index (χ2n) is 7.81. The Morgan fingerprint density at radius 1 is 1.44 bits per heavy atom. The molecule has 0 aromatic rings. The van der Waals surface area contributed by atoms with Gasteiger partial charge in [-0.05, 0) is 37.6 Å². The van der Waals surface area contributed by atoms with Gasteiger partial charge in [0.2, 0.25) is 15.7 Å². The van der Waals surface area contributed by atoms with E-state index in [0.29, 0.717) is 34.6 Å². The Hall–Kier alpha value is -0.473. The molecule has 6 nitrogen and oxygen atoms in total. The molecule has 0 bridgehead atoms. The van der Waals surface area contributed by atoms with Crippen LogP contribution in [0.3, 0.4) is 0 Å². The highest BCUT2D eigenvalue weighted by molar-refractivity contribution is 6.27. The molecule has 1 aliphatic rings. The first kappa shape index (κ1) is 22.8. The SMILES string of the molecule is [3H]C1CC(OCC(=O)NCCCC[Si]OC(C)(C(C)C)C(C)CC)C(CO)O1. The number of carbonyl (C=O) groups excluding carboxylic acids is 1. The van der Waals surface area contributed by atoms with Crippen molar-refractivity contribution in [2.75, 3.05) is 26.3 Å². The van der Waals surface area contributed by atoms with Crippen molar-refractivity contribution in [3.8, 4) is 0 Å². The van der Waals surface area contributed by atoms with E-state index >= 15 is 0 Å². The van der Waals surface area contributed by atoms with E-state index in [-0.39, 0.29) is 24.7 Å². The third-order valence-electron chi connectivity index (χ3n) is 5.68. The standard InChI is InChI=1S/C20H39NO5Si/c1-6-16(4)20(5,15(2)3)26-27-12-8-7-10-21-19(23)14-25-17-9-11-24-18(17)13-22/h15-18,22H,6-14H2,1-5H3,(H,21,23)/i11T. The molecule has 0 aromatic carbocycles. The van der Waals surface area contributed by atoms with Gasteiger partial charge in [-0.15, -0.1) is 0 Å². The molecule has 158 valence electrons. The van der Waals surface area contributed by atoms with Crippen LogP contribution in [0.25, 0.3) is 0 Å². The van der Waals surface area contributed by atoms with Gasteiger partial charge < -0.3 is 24.3 Å². The monoisotopic (exact) mass is 403 g/mol. The lowest BCUT2D eigenvalue weighted by Crippen LogP contribution is -2.42. The second-order valence-corrected chi connectivity index (χ2v) is 8.80. The lowest BCUT2D eigenvalue weighted by molar-refractivity contribution is -0.129. The molecule has 5 unspecified atom stereocenters. The van der Waals surface area contributed by atoms with E-state index in [4.69, 9.17) is 15.3 Å². The highest BCUT2D eigenvalue weighted by atomic mass is 28.2. The summed E-state index contributed by atoms with van der Waals surface area (Å²) in [6.07, 6.45) is 2.51. The van der Waals surface area contributed by atoms with E-state index in [1.54, 1.807) is 0 Å². The average molecular weight is 404 g/mol. The van der Waals surface area contributed by atoms with Crippen LogP contribution >= 0.6 is 0 Å². The van der Waals surface area contributed by atoms with Gasteiger partial charge in [-0.3, -0.25) is 4.79 Å². The molecule has 1 saturated heterocycles. The van der Waals surface area contributed by atoms with Crippen molar-refractivity contribution in [1.29, 1.82) is 0 Å². The largest absolute Gasteiger partial charge is 0.412 e. The molecule has 2 radical (unpaired) electrons. The van der Waals surface area contributed by atoms with Gasteiger partial charge in [-0.2, -0.15) is 0 Å². The van der Waals surface area contributed by atoms with Crippen molar-refractivity contribution in [3.05, 3.63) is 0 Å². The van der Waals surface area contributed by atoms with Crippen LogP contribution in [0.2, 0.25) is 6.04 Å². The topological polar surface area (TPSA) is 77.0 Å². The molecule has 2 N–H and O–H groups in total. The molecule has 1 aliphatic heterocycles. The van der Waals surface area contributed by atoms with Crippen molar-refractivity contribution in [1.82, 2.24) is 5.32 Å². The minimum atomic E-state index is -0.689. The predicted octanol–water partition coefficient (Wildman–Crippen LogP) is 2.56. The first-order valence-electron chi connectivity index (χ1n) is 10.8. The number of carbonyl (C=O) groups is 1. The summed E-state index contributed by atoms with van der Waals surface area (Å²) in [5, 5.41) is 12.0. The number of aliphatic hydroxyl groups excluding tert-OH is 1. The van der Waals surface area contributed by atoms with Gasteiger partial charge in [0.1, 0.15) is 12.7 Å². The average Bonchev–Trinajstić information content (AvgIpc) is 3.04. The lowest BCUT2D eigenvalue weighted by Gasteiger charge is -2.39. The maximum absolute atomic E-state index is 11.9. The molecule has 1 fully saturated rings. The van der Waals surface area contributed by atoms with Gasteiger partial charge in [0.05, 0.1) is 19.7 Å². The Kier molecular flexibility index (Phi) is 10.9. The fourth-order valence-electron chi connectivity index (χ4n) is 3.03. The molecule has 5 atom stereocenters. The number of amides is 1. The predicted molar refractivity (Wildman–Crippen MR) is 108 cm³/mol. The summed E-state index contributed by atoms with van der Waals surface area (Å²) in [6, 6.07) is 1.01. The molecule has 1 rings (SSSR count). The van der Waals surface area contributed by atoms with Crippen LogP contribution in [0, 0.1) is 11.8 Å². The highest BCUT2D eigenvalue weighted by Gasteiger charge is 2.34. The molecule has 1 amide bonds. The van der Waals surface area contributed by atoms with Gasteiger partial charge >= 0.3 is 0 Å². The maximum atomic E-state index is 11.9. The lowest BCUT2D eigenvalue weighted by atomic mass is 9.80.